The maximum absolute atomic E-state index is 14.8. The number of amides is 2. The van der Waals surface area contributed by atoms with Crippen LogP contribution in [0.5, 0.6) is 0 Å². The lowest BCUT2D eigenvalue weighted by atomic mass is 9.73. The SMILES string of the molecule is C=C(F)CCC(=O)N1CCC2(CC1)C(=O)N(C1CC(N3CCCCC3)C1)c1cc(-c3cc4ncn(CC)c4c(Nc4ccncc4F)n3)ccc12. The van der Waals surface area contributed by atoms with Crippen molar-refractivity contribution < 1.29 is 18.4 Å². The Morgan fingerprint density at radius 3 is 2.55 bits per heavy atom. The van der Waals surface area contributed by atoms with Crippen molar-refractivity contribution in [3.8, 4) is 11.3 Å². The zero-order chi connectivity index (χ0) is 35.3. The van der Waals surface area contributed by atoms with Crippen LogP contribution in [0.15, 0.2) is 61.5 Å². The molecule has 3 aromatic heterocycles. The van der Waals surface area contributed by atoms with E-state index in [0.29, 0.717) is 50.0 Å². The Morgan fingerprint density at radius 1 is 1.04 bits per heavy atom. The Kier molecular flexibility index (Phi) is 8.81. The van der Waals surface area contributed by atoms with Crippen molar-refractivity contribution in [1.82, 2.24) is 29.3 Å². The molecule has 51 heavy (non-hydrogen) atoms. The molecule has 0 radical (unpaired) electrons. The standard InChI is InChI=1S/C39H44F2N8O2/c1-3-46-24-43-33-22-32(45-37(36(33)46)44-31-11-14-42-23-30(31)41)26-8-9-29-34(19-26)49(28-20-27(21-28)47-15-5-4-6-16-47)38(51)39(29)12-17-48(18-13-39)35(50)10-7-25(2)40/h8-9,11,14,19,22-24,27-28H,2-7,10,12-13,15-18,20-21H2,1H3,(H,42,44,45). The third kappa shape index (κ3) is 5.96. The molecule has 10 nitrogen and oxygen atoms in total. The summed E-state index contributed by atoms with van der Waals surface area (Å²) < 4.78 is 30.1. The molecule has 1 saturated carbocycles. The number of fused-ring (bicyclic) bond motifs is 3. The lowest BCUT2D eigenvalue weighted by Gasteiger charge is -2.48. The molecule has 12 heteroatoms. The van der Waals surface area contributed by atoms with E-state index in [9.17, 15) is 18.4 Å². The van der Waals surface area contributed by atoms with Crippen molar-refractivity contribution in [2.45, 2.75) is 88.8 Å². The minimum atomic E-state index is -0.729. The van der Waals surface area contributed by atoms with Crippen molar-refractivity contribution in [2.24, 2.45) is 0 Å². The van der Waals surface area contributed by atoms with Crippen LogP contribution in [0.3, 0.4) is 0 Å². The van der Waals surface area contributed by atoms with Gasteiger partial charge < -0.3 is 24.6 Å². The van der Waals surface area contributed by atoms with Crippen LogP contribution in [0, 0.1) is 5.82 Å². The molecule has 0 bridgehead atoms. The number of likely N-dealkylation sites (tertiary alicyclic amines) is 2. The molecule has 0 unspecified atom stereocenters. The van der Waals surface area contributed by atoms with Crippen LogP contribution < -0.4 is 10.2 Å². The summed E-state index contributed by atoms with van der Waals surface area (Å²) in [6.07, 6.45) is 11.2. The first kappa shape index (κ1) is 33.4. The second-order valence-corrected chi connectivity index (χ2v) is 14.5. The molecule has 2 saturated heterocycles. The molecule has 2 amide bonds. The molecule has 1 aliphatic carbocycles. The van der Waals surface area contributed by atoms with E-state index in [2.05, 4.69) is 43.8 Å². The minimum absolute atomic E-state index is 0.0197. The topological polar surface area (TPSA) is 99.5 Å². The first-order valence-electron chi connectivity index (χ1n) is 18.3. The van der Waals surface area contributed by atoms with Crippen LogP contribution in [-0.4, -0.2) is 79.4 Å². The maximum atomic E-state index is 14.8. The van der Waals surface area contributed by atoms with Gasteiger partial charge in [0.15, 0.2) is 11.6 Å². The number of piperidine rings is 2. The summed E-state index contributed by atoms with van der Waals surface area (Å²) in [6, 6.07) is 10.3. The zero-order valence-electron chi connectivity index (χ0n) is 29.1. The van der Waals surface area contributed by atoms with Crippen LogP contribution in [0.25, 0.3) is 22.3 Å². The number of nitrogens with one attached hydrogen (secondary N) is 1. The van der Waals surface area contributed by atoms with Crippen molar-refractivity contribution in [2.75, 3.05) is 36.4 Å². The number of aryl methyl sites for hydroxylation is 1. The largest absolute Gasteiger partial charge is 0.343 e. The molecular weight excluding hydrogens is 650 g/mol. The quantitative estimate of drug-likeness (QED) is 0.204. The van der Waals surface area contributed by atoms with Crippen LogP contribution in [0.1, 0.15) is 70.3 Å². The lowest BCUT2D eigenvalue weighted by molar-refractivity contribution is -0.135. The summed E-state index contributed by atoms with van der Waals surface area (Å²) in [4.78, 5) is 47.7. The average Bonchev–Trinajstić information content (AvgIpc) is 3.65. The number of carbonyl (C=O) groups excluding carboxylic acids is 2. The third-order valence-electron chi connectivity index (χ3n) is 11.6. The van der Waals surface area contributed by atoms with Crippen LogP contribution in [0.2, 0.25) is 0 Å². The van der Waals surface area contributed by atoms with E-state index < -0.39 is 17.1 Å². The summed E-state index contributed by atoms with van der Waals surface area (Å²) in [7, 11) is 0. The number of aromatic nitrogens is 4. The summed E-state index contributed by atoms with van der Waals surface area (Å²) in [6.45, 7) is 9.11. The van der Waals surface area contributed by atoms with Crippen LogP contribution >= 0.6 is 0 Å². The molecule has 1 spiro atoms. The van der Waals surface area contributed by atoms with Crippen molar-refractivity contribution in [3.05, 3.63) is 72.8 Å². The van der Waals surface area contributed by atoms with E-state index in [4.69, 9.17) is 4.98 Å². The zero-order valence-corrected chi connectivity index (χ0v) is 29.1. The van der Waals surface area contributed by atoms with Gasteiger partial charge in [0.1, 0.15) is 5.52 Å². The fraction of sp³-hybridized carbons (Fsp3) is 0.462. The molecule has 4 aliphatic rings. The number of rotatable bonds is 9. The van der Waals surface area contributed by atoms with Crippen molar-refractivity contribution >= 4 is 40.0 Å². The Bertz CT molecular complexity index is 1990. The van der Waals surface area contributed by atoms with E-state index in [-0.39, 0.29) is 36.4 Å². The number of hydrogen-bond donors (Lipinski definition) is 1. The number of halogens is 2. The molecule has 4 aromatic rings. The summed E-state index contributed by atoms with van der Waals surface area (Å²) >= 11 is 0. The summed E-state index contributed by atoms with van der Waals surface area (Å²) in [5.74, 6) is -0.490. The van der Waals surface area contributed by atoms with Gasteiger partial charge in [-0.05, 0) is 82.3 Å². The number of anilines is 3. The van der Waals surface area contributed by atoms with Crippen molar-refractivity contribution in [3.63, 3.8) is 0 Å². The number of pyridine rings is 2. The van der Waals surface area contributed by atoms with Gasteiger partial charge in [-0.3, -0.25) is 14.6 Å². The number of nitrogens with zero attached hydrogens (tertiary/aromatic N) is 7. The van der Waals surface area contributed by atoms with Crippen molar-refractivity contribution in [1.29, 1.82) is 0 Å². The Labute approximate surface area is 296 Å². The predicted molar refractivity (Wildman–Crippen MR) is 193 cm³/mol. The molecule has 266 valence electrons. The van der Waals surface area contributed by atoms with E-state index in [1.165, 1.54) is 31.7 Å². The van der Waals surface area contributed by atoms with Gasteiger partial charge in [-0.25, -0.2) is 18.7 Å². The van der Waals surface area contributed by atoms with Gasteiger partial charge in [-0.15, -0.1) is 0 Å². The first-order valence-corrected chi connectivity index (χ1v) is 18.3. The van der Waals surface area contributed by atoms with E-state index in [1.807, 2.05) is 23.6 Å². The highest BCUT2D eigenvalue weighted by molar-refractivity contribution is 6.09. The Balaban J connectivity index is 1.15. The van der Waals surface area contributed by atoms with E-state index in [0.717, 1.165) is 53.8 Å². The molecule has 6 heterocycles. The monoisotopic (exact) mass is 694 g/mol. The smallest absolute Gasteiger partial charge is 0.238 e. The van der Waals surface area contributed by atoms with Crippen LogP contribution in [-0.2, 0) is 21.5 Å². The molecule has 8 rings (SSSR count). The highest BCUT2D eigenvalue weighted by Gasteiger charge is 2.55. The lowest BCUT2D eigenvalue weighted by Crippen LogP contribution is -2.58. The second kappa shape index (κ2) is 13.4. The normalized spacial score (nSPS) is 21.6. The van der Waals surface area contributed by atoms with Gasteiger partial charge in [-0.2, -0.15) is 0 Å². The third-order valence-corrected chi connectivity index (χ3v) is 11.6. The van der Waals surface area contributed by atoms with Gasteiger partial charge >= 0.3 is 0 Å². The number of hydrogen-bond acceptors (Lipinski definition) is 7. The van der Waals surface area contributed by atoms with Gasteiger partial charge in [0.2, 0.25) is 11.8 Å². The molecule has 3 aliphatic heterocycles. The van der Waals surface area contributed by atoms with E-state index >= 15 is 0 Å². The Hall–Kier alpha value is -4.71. The summed E-state index contributed by atoms with van der Waals surface area (Å²) in [5, 5.41) is 3.19. The van der Waals surface area contributed by atoms with Gasteiger partial charge in [0, 0.05) is 62.0 Å². The van der Waals surface area contributed by atoms with Gasteiger partial charge in [-0.1, -0.05) is 25.1 Å². The molecule has 3 fully saturated rings. The van der Waals surface area contributed by atoms with Crippen LogP contribution in [0.4, 0.5) is 26.0 Å². The highest BCUT2D eigenvalue weighted by Crippen LogP contribution is 2.52. The van der Waals surface area contributed by atoms with E-state index in [1.54, 1.807) is 17.3 Å². The first-order chi connectivity index (χ1) is 24.8. The molecular formula is C39H44F2N8O2. The second-order valence-electron chi connectivity index (χ2n) is 14.5. The van der Waals surface area contributed by atoms with Gasteiger partial charge in [0.25, 0.3) is 0 Å². The fourth-order valence-corrected chi connectivity index (χ4v) is 8.66. The Morgan fingerprint density at radius 2 is 1.82 bits per heavy atom. The molecule has 1 N–H and O–H groups in total. The number of imidazole rings is 1. The molecule has 0 atom stereocenters. The number of allylic oxidation sites excluding steroid dienone is 1. The highest BCUT2D eigenvalue weighted by atomic mass is 19.1. The average molecular weight is 695 g/mol. The van der Waals surface area contributed by atoms with Gasteiger partial charge in [0.05, 0.1) is 40.7 Å². The number of benzene rings is 1. The minimum Gasteiger partial charge on any atom is -0.343 e. The maximum Gasteiger partial charge on any atom is 0.238 e. The fourth-order valence-electron chi connectivity index (χ4n) is 8.66. The number of carbonyl (C=O) groups is 2. The summed E-state index contributed by atoms with van der Waals surface area (Å²) in [5.41, 5.74) is 4.42. The molecule has 1 aromatic carbocycles. The predicted octanol–water partition coefficient (Wildman–Crippen LogP) is 6.88.